The molecular weight excluding hydrogens is 260 g/mol. The number of carboxylic acids is 1. The highest BCUT2D eigenvalue weighted by Crippen LogP contribution is 2.28. The number of aryl methyl sites for hydroxylation is 1. The first kappa shape index (κ1) is 14.5. The molecule has 0 unspecified atom stereocenters. The van der Waals surface area contributed by atoms with Crippen LogP contribution in [-0.2, 0) is 16.1 Å². The first-order valence-corrected chi connectivity index (χ1v) is 6.98. The summed E-state index contributed by atoms with van der Waals surface area (Å²) in [4.78, 5) is 22.5. The van der Waals surface area contributed by atoms with Gasteiger partial charge in [0, 0.05) is 19.2 Å². The van der Waals surface area contributed by atoms with Gasteiger partial charge in [-0.2, -0.15) is 0 Å². The molecule has 1 aliphatic rings. The van der Waals surface area contributed by atoms with Crippen LogP contribution in [0, 0.1) is 11.8 Å². The van der Waals surface area contributed by atoms with Gasteiger partial charge in [0.1, 0.15) is 0 Å². The lowest BCUT2D eigenvalue weighted by molar-refractivity contribution is -0.143. The van der Waals surface area contributed by atoms with Gasteiger partial charge < -0.3 is 10.4 Å². The molecule has 0 spiro atoms. The molecule has 7 heteroatoms. The van der Waals surface area contributed by atoms with Crippen LogP contribution in [0.1, 0.15) is 32.1 Å². The van der Waals surface area contributed by atoms with Crippen LogP contribution in [0.5, 0.6) is 0 Å². The summed E-state index contributed by atoms with van der Waals surface area (Å²) in [6.07, 6.45) is 6.87. The van der Waals surface area contributed by atoms with Gasteiger partial charge in [-0.25, -0.2) is 0 Å². The molecule has 1 saturated carbocycles. The number of amides is 1. The van der Waals surface area contributed by atoms with Gasteiger partial charge in [0.05, 0.1) is 18.7 Å². The highest BCUT2D eigenvalue weighted by atomic mass is 16.4. The van der Waals surface area contributed by atoms with E-state index in [-0.39, 0.29) is 11.8 Å². The monoisotopic (exact) mass is 280 g/mol. The number of carbonyl (C=O) groups excluding carboxylic acids is 1. The molecule has 20 heavy (non-hydrogen) atoms. The minimum atomic E-state index is -0.694. The van der Waals surface area contributed by atoms with Gasteiger partial charge in [0.15, 0.2) is 0 Å². The highest BCUT2D eigenvalue weighted by molar-refractivity contribution is 5.75. The van der Waals surface area contributed by atoms with E-state index in [1.54, 1.807) is 17.1 Å². The average Bonchev–Trinajstić information content (AvgIpc) is 2.96. The van der Waals surface area contributed by atoms with Crippen molar-refractivity contribution >= 4 is 11.9 Å². The van der Waals surface area contributed by atoms with Gasteiger partial charge in [-0.15, -0.1) is 5.10 Å². The first-order chi connectivity index (χ1) is 9.65. The summed E-state index contributed by atoms with van der Waals surface area (Å²) >= 11 is 0. The number of hydrogen-bond acceptors (Lipinski definition) is 4. The summed E-state index contributed by atoms with van der Waals surface area (Å²) < 4.78 is 1.62. The lowest BCUT2D eigenvalue weighted by Gasteiger charge is -2.26. The third-order valence-corrected chi connectivity index (χ3v) is 3.82. The predicted octanol–water partition coefficient (Wildman–Crippen LogP) is 0.675. The number of rotatable bonds is 6. The Morgan fingerprint density at radius 1 is 1.30 bits per heavy atom. The van der Waals surface area contributed by atoms with Gasteiger partial charge in [-0.3, -0.25) is 14.3 Å². The Kier molecular flexibility index (Phi) is 5.09. The average molecular weight is 280 g/mol. The molecule has 2 rings (SSSR count). The second-order valence-corrected chi connectivity index (χ2v) is 5.28. The zero-order valence-electron chi connectivity index (χ0n) is 11.4. The molecule has 1 aromatic heterocycles. The van der Waals surface area contributed by atoms with Gasteiger partial charge in [0.25, 0.3) is 0 Å². The molecule has 0 saturated heterocycles. The Morgan fingerprint density at radius 3 is 2.65 bits per heavy atom. The maximum atomic E-state index is 11.7. The van der Waals surface area contributed by atoms with Crippen molar-refractivity contribution in [3.63, 3.8) is 0 Å². The third kappa shape index (κ3) is 4.32. The quantitative estimate of drug-likeness (QED) is 0.798. The number of hydrogen-bond donors (Lipinski definition) is 2. The summed E-state index contributed by atoms with van der Waals surface area (Å²) in [5, 5.41) is 19.3. The van der Waals surface area contributed by atoms with Crippen LogP contribution in [0.2, 0.25) is 0 Å². The van der Waals surface area contributed by atoms with E-state index in [0.29, 0.717) is 25.4 Å². The number of nitrogens with one attached hydrogen (secondary N) is 1. The van der Waals surface area contributed by atoms with E-state index in [4.69, 9.17) is 5.11 Å². The molecule has 0 bridgehead atoms. The van der Waals surface area contributed by atoms with Crippen LogP contribution < -0.4 is 5.32 Å². The fourth-order valence-corrected chi connectivity index (χ4v) is 2.53. The fourth-order valence-electron chi connectivity index (χ4n) is 2.53. The predicted molar refractivity (Wildman–Crippen MR) is 70.7 cm³/mol. The Bertz CT molecular complexity index is 438. The third-order valence-electron chi connectivity index (χ3n) is 3.82. The molecule has 1 amide bonds. The summed E-state index contributed by atoms with van der Waals surface area (Å²) in [7, 11) is 0. The zero-order valence-corrected chi connectivity index (χ0v) is 11.4. The van der Waals surface area contributed by atoms with Crippen LogP contribution >= 0.6 is 0 Å². The standard InChI is InChI=1S/C13H20N4O3/c18-12(5-7-17-8-6-15-16-17)14-9-10-1-3-11(4-2-10)13(19)20/h6,8,10-11H,1-5,7,9H2,(H,14,18)(H,19,20). The van der Waals surface area contributed by atoms with Crippen LogP contribution in [0.4, 0.5) is 0 Å². The maximum absolute atomic E-state index is 11.7. The van der Waals surface area contributed by atoms with E-state index in [2.05, 4.69) is 15.6 Å². The molecule has 0 aromatic carbocycles. The molecule has 1 aromatic rings. The van der Waals surface area contributed by atoms with E-state index in [1.807, 2.05) is 0 Å². The van der Waals surface area contributed by atoms with Crippen molar-refractivity contribution in [1.82, 2.24) is 20.3 Å². The molecule has 0 radical (unpaired) electrons. The largest absolute Gasteiger partial charge is 0.481 e. The molecule has 110 valence electrons. The lowest BCUT2D eigenvalue weighted by Crippen LogP contribution is -2.32. The summed E-state index contributed by atoms with van der Waals surface area (Å²) in [5.41, 5.74) is 0. The molecule has 1 heterocycles. The second kappa shape index (κ2) is 7.02. The summed E-state index contributed by atoms with van der Waals surface area (Å²) in [6, 6.07) is 0. The van der Waals surface area contributed by atoms with Crippen LogP contribution in [0.3, 0.4) is 0 Å². The van der Waals surface area contributed by atoms with Crippen LogP contribution in [0.15, 0.2) is 12.4 Å². The Hall–Kier alpha value is -1.92. The van der Waals surface area contributed by atoms with Crippen molar-refractivity contribution in [2.45, 2.75) is 38.6 Å². The highest BCUT2D eigenvalue weighted by Gasteiger charge is 2.25. The lowest BCUT2D eigenvalue weighted by atomic mass is 9.82. The van der Waals surface area contributed by atoms with E-state index in [1.165, 1.54) is 0 Å². The minimum absolute atomic E-state index is 0.000794. The van der Waals surface area contributed by atoms with Gasteiger partial charge in [0.2, 0.25) is 5.91 Å². The number of aromatic nitrogens is 3. The Balaban J connectivity index is 1.61. The number of aliphatic carboxylic acids is 1. The van der Waals surface area contributed by atoms with Gasteiger partial charge in [-0.1, -0.05) is 5.21 Å². The van der Waals surface area contributed by atoms with E-state index >= 15 is 0 Å². The van der Waals surface area contributed by atoms with Crippen LogP contribution in [-0.4, -0.2) is 38.5 Å². The van der Waals surface area contributed by atoms with E-state index in [9.17, 15) is 9.59 Å². The molecule has 2 N–H and O–H groups in total. The molecular formula is C13H20N4O3. The summed E-state index contributed by atoms with van der Waals surface area (Å²) in [6.45, 7) is 1.17. The smallest absolute Gasteiger partial charge is 0.306 e. The Morgan fingerprint density at radius 2 is 2.05 bits per heavy atom. The maximum Gasteiger partial charge on any atom is 0.306 e. The molecule has 1 aliphatic carbocycles. The number of nitrogens with zero attached hydrogens (tertiary/aromatic N) is 3. The molecule has 0 atom stereocenters. The molecule has 7 nitrogen and oxygen atoms in total. The summed E-state index contributed by atoms with van der Waals surface area (Å²) in [5.74, 6) is -0.489. The van der Waals surface area contributed by atoms with E-state index in [0.717, 1.165) is 25.7 Å². The SMILES string of the molecule is O=C(CCn1ccnn1)NCC1CCC(C(=O)O)CC1. The van der Waals surface area contributed by atoms with Gasteiger partial charge >= 0.3 is 5.97 Å². The van der Waals surface area contributed by atoms with Crippen molar-refractivity contribution in [2.24, 2.45) is 11.8 Å². The zero-order chi connectivity index (χ0) is 14.4. The fraction of sp³-hybridized carbons (Fsp3) is 0.692. The van der Waals surface area contributed by atoms with Gasteiger partial charge in [-0.05, 0) is 31.6 Å². The molecule has 1 fully saturated rings. The van der Waals surface area contributed by atoms with Crippen molar-refractivity contribution < 1.29 is 14.7 Å². The second-order valence-electron chi connectivity index (χ2n) is 5.28. The van der Waals surface area contributed by atoms with Crippen molar-refractivity contribution in [3.8, 4) is 0 Å². The number of carbonyl (C=O) groups is 2. The topological polar surface area (TPSA) is 97.1 Å². The Labute approximate surface area is 117 Å². The van der Waals surface area contributed by atoms with Crippen LogP contribution in [0.25, 0.3) is 0 Å². The normalized spacial score (nSPS) is 22.4. The van der Waals surface area contributed by atoms with E-state index < -0.39 is 5.97 Å². The van der Waals surface area contributed by atoms with Crippen molar-refractivity contribution in [1.29, 1.82) is 0 Å². The van der Waals surface area contributed by atoms with Crippen molar-refractivity contribution in [3.05, 3.63) is 12.4 Å². The molecule has 0 aliphatic heterocycles. The first-order valence-electron chi connectivity index (χ1n) is 6.98. The minimum Gasteiger partial charge on any atom is -0.481 e. The number of carboxylic acid groups (broad SMARTS) is 1. The van der Waals surface area contributed by atoms with Crippen molar-refractivity contribution in [2.75, 3.05) is 6.54 Å².